The third-order valence-corrected chi connectivity index (χ3v) is 1.43. The van der Waals surface area contributed by atoms with Crippen LogP contribution in [0.2, 0.25) is 0 Å². The molecule has 0 aromatic rings. The molecule has 0 fully saturated rings. The molecule has 1 amide bonds. The number of hydrazine groups is 1. The molecule has 70 valence electrons. The fourth-order valence-corrected chi connectivity index (χ4v) is 0.780. The van der Waals surface area contributed by atoms with Gasteiger partial charge in [-0.1, -0.05) is 19.8 Å². The number of unbranched alkanes of at least 4 members (excludes halogenated alkanes) is 2. The largest absolute Gasteiger partial charge is 0.375 e. The Kier molecular flexibility index (Phi) is 6.37. The molecule has 5 heteroatoms. The summed E-state index contributed by atoms with van der Waals surface area (Å²) in [5.41, 5.74) is 9.87. The summed E-state index contributed by atoms with van der Waals surface area (Å²) in [4.78, 5) is 10.9. The molecule has 0 radical (unpaired) electrons. The van der Waals surface area contributed by atoms with Crippen LogP contribution in [0.25, 0.3) is 0 Å². The highest BCUT2D eigenvalue weighted by atomic mass is 32.1. The number of hydrogen-bond acceptors (Lipinski definition) is 2. The van der Waals surface area contributed by atoms with Crippen molar-refractivity contribution in [3.8, 4) is 0 Å². The number of thiocarbonyl (C=S) groups is 1. The molecule has 12 heavy (non-hydrogen) atoms. The Balaban J connectivity index is 3.28. The van der Waals surface area contributed by atoms with E-state index in [1.165, 1.54) is 0 Å². The molecule has 0 aliphatic heterocycles. The summed E-state index contributed by atoms with van der Waals surface area (Å²) in [6.45, 7) is 2.09. The van der Waals surface area contributed by atoms with Gasteiger partial charge in [0.2, 0.25) is 5.91 Å². The van der Waals surface area contributed by atoms with E-state index in [-0.39, 0.29) is 11.0 Å². The van der Waals surface area contributed by atoms with Gasteiger partial charge < -0.3 is 5.73 Å². The second-order valence-corrected chi connectivity index (χ2v) is 2.93. The van der Waals surface area contributed by atoms with Gasteiger partial charge >= 0.3 is 0 Å². The Labute approximate surface area is 77.9 Å². The molecule has 0 heterocycles. The second kappa shape index (κ2) is 6.84. The summed E-state index contributed by atoms with van der Waals surface area (Å²) < 4.78 is 0. The number of hydrogen-bond donors (Lipinski definition) is 3. The molecule has 0 aromatic heterocycles. The fourth-order valence-electron chi connectivity index (χ4n) is 0.729. The first-order chi connectivity index (χ1) is 5.66. The number of nitrogens with one attached hydrogen (secondary N) is 2. The molecule has 0 aliphatic carbocycles. The van der Waals surface area contributed by atoms with Crippen molar-refractivity contribution >= 4 is 23.2 Å². The van der Waals surface area contributed by atoms with Crippen LogP contribution in [0.1, 0.15) is 32.6 Å². The van der Waals surface area contributed by atoms with Crippen LogP contribution in [0.4, 0.5) is 0 Å². The SMILES string of the molecule is CCCCCC(=O)NNC(N)=S. The Hall–Kier alpha value is -0.840. The summed E-state index contributed by atoms with van der Waals surface area (Å²) in [5.74, 6) is -0.0729. The quantitative estimate of drug-likeness (QED) is 0.341. The van der Waals surface area contributed by atoms with Crippen molar-refractivity contribution in [2.45, 2.75) is 32.6 Å². The van der Waals surface area contributed by atoms with E-state index in [1.807, 2.05) is 0 Å². The lowest BCUT2D eigenvalue weighted by Gasteiger charge is -2.05. The van der Waals surface area contributed by atoms with E-state index in [2.05, 4.69) is 30.0 Å². The Morgan fingerprint density at radius 3 is 2.58 bits per heavy atom. The third-order valence-electron chi connectivity index (χ3n) is 1.33. The minimum atomic E-state index is -0.0729. The first-order valence-corrected chi connectivity index (χ1v) is 4.42. The molecular formula is C7H15N3OS. The minimum absolute atomic E-state index is 0.0729. The maximum atomic E-state index is 10.9. The molecule has 0 aliphatic rings. The van der Waals surface area contributed by atoms with Gasteiger partial charge in [0.15, 0.2) is 5.11 Å². The highest BCUT2D eigenvalue weighted by molar-refractivity contribution is 7.80. The third kappa shape index (κ3) is 7.27. The number of rotatable bonds is 4. The van der Waals surface area contributed by atoms with Gasteiger partial charge in [-0.15, -0.1) is 0 Å². The molecule has 0 aromatic carbocycles. The van der Waals surface area contributed by atoms with Crippen LogP contribution in [0.5, 0.6) is 0 Å². The topological polar surface area (TPSA) is 67.2 Å². The molecule has 4 N–H and O–H groups in total. The maximum absolute atomic E-state index is 10.9. The number of carbonyl (C=O) groups excluding carboxylic acids is 1. The number of amides is 1. The van der Waals surface area contributed by atoms with Crippen LogP contribution in [0.3, 0.4) is 0 Å². The van der Waals surface area contributed by atoms with Crippen LogP contribution < -0.4 is 16.6 Å². The van der Waals surface area contributed by atoms with Crippen LogP contribution in [-0.2, 0) is 4.79 Å². The lowest BCUT2D eigenvalue weighted by molar-refractivity contribution is -0.121. The van der Waals surface area contributed by atoms with Crippen LogP contribution in [0.15, 0.2) is 0 Å². The van der Waals surface area contributed by atoms with E-state index >= 15 is 0 Å². The number of carbonyl (C=O) groups is 1. The van der Waals surface area contributed by atoms with Crippen molar-refractivity contribution in [1.29, 1.82) is 0 Å². The predicted molar refractivity (Wildman–Crippen MR) is 52.2 cm³/mol. The van der Waals surface area contributed by atoms with Gasteiger partial charge in [0.1, 0.15) is 0 Å². The number of nitrogens with two attached hydrogens (primary N) is 1. The van der Waals surface area contributed by atoms with E-state index in [4.69, 9.17) is 5.73 Å². The molecule has 0 atom stereocenters. The van der Waals surface area contributed by atoms with Crippen molar-refractivity contribution in [2.75, 3.05) is 0 Å². The Morgan fingerprint density at radius 2 is 2.08 bits per heavy atom. The first-order valence-electron chi connectivity index (χ1n) is 4.01. The average Bonchev–Trinajstić information content (AvgIpc) is 2.01. The first kappa shape index (κ1) is 11.2. The van der Waals surface area contributed by atoms with Gasteiger partial charge in [-0.25, -0.2) is 0 Å². The smallest absolute Gasteiger partial charge is 0.238 e. The molecule has 0 saturated heterocycles. The van der Waals surface area contributed by atoms with Gasteiger partial charge in [0, 0.05) is 6.42 Å². The second-order valence-electron chi connectivity index (χ2n) is 2.49. The highest BCUT2D eigenvalue weighted by Gasteiger charge is 1.98. The van der Waals surface area contributed by atoms with E-state index in [1.54, 1.807) is 0 Å². The van der Waals surface area contributed by atoms with E-state index in [0.29, 0.717) is 6.42 Å². The monoisotopic (exact) mass is 189 g/mol. The predicted octanol–water partition coefficient (Wildman–Crippen LogP) is 0.431. The fraction of sp³-hybridized carbons (Fsp3) is 0.714. The molecule has 0 bridgehead atoms. The maximum Gasteiger partial charge on any atom is 0.238 e. The molecule has 4 nitrogen and oxygen atoms in total. The molecule has 0 saturated carbocycles. The molecule has 0 rings (SSSR count). The van der Waals surface area contributed by atoms with Crippen LogP contribution in [0, 0.1) is 0 Å². The van der Waals surface area contributed by atoms with Gasteiger partial charge in [0.05, 0.1) is 0 Å². The van der Waals surface area contributed by atoms with Crippen LogP contribution in [-0.4, -0.2) is 11.0 Å². The Bertz CT molecular complexity index is 161. The van der Waals surface area contributed by atoms with E-state index in [9.17, 15) is 4.79 Å². The zero-order chi connectivity index (χ0) is 9.40. The van der Waals surface area contributed by atoms with Crippen molar-refractivity contribution in [3.05, 3.63) is 0 Å². The summed E-state index contributed by atoms with van der Waals surface area (Å²) in [6, 6.07) is 0. The van der Waals surface area contributed by atoms with E-state index in [0.717, 1.165) is 19.3 Å². The zero-order valence-corrected chi connectivity index (χ0v) is 8.04. The zero-order valence-electron chi connectivity index (χ0n) is 7.22. The lowest BCUT2D eigenvalue weighted by Crippen LogP contribution is -2.44. The van der Waals surface area contributed by atoms with Crippen molar-refractivity contribution in [1.82, 2.24) is 10.9 Å². The van der Waals surface area contributed by atoms with E-state index < -0.39 is 0 Å². The summed E-state index contributed by atoms with van der Waals surface area (Å²) >= 11 is 4.50. The van der Waals surface area contributed by atoms with Crippen molar-refractivity contribution in [3.63, 3.8) is 0 Å². The molecule has 0 unspecified atom stereocenters. The van der Waals surface area contributed by atoms with Gasteiger partial charge in [-0.3, -0.25) is 15.6 Å². The molecule has 0 spiro atoms. The van der Waals surface area contributed by atoms with Crippen molar-refractivity contribution in [2.24, 2.45) is 5.73 Å². The summed E-state index contributed by atoms with van der Waals surface area (Å²) in [6.07, 6.45) is 3.60. The van der Waals surface area contributed by atoms with Crippen LogP contribution >= 0.6 is 12.2 Å². The van der Waals surface area contributed by atoms with Gasteiger partial charge in [0.25, 0.3) is 0 Å². The highest BCUT2D eigenvalue weighted by Crippen LogP contribution is 1.97. The lowest BCUT2D eigenvalue weighted by atomic mass is 10.2. The standard InChI is InChI=1S/C7H15N3OS/c1-2-3-4-5-6(11)9-10-7(8)12/h2-5H2,1H3,(H,9,11)(H3,8,10,12). The minimum Gasteiger partial charge on any atom is -0.375 e. The van der Waals surface area contributed by atoms with Crippen molar-refractivity contribution < 1.29 is 4.79 Å². The van der Waals surface area contributed by atoms with Gasteiger partial charge in [-0.05, 0) is 18.6 Å². The summed E-state index contributed by atoms with van der Waals surface area (Å²) in [5, 5.41) is 0.0823. The summed E-state index contributed by atoms with van der Waals surface area (Å²) in [7, 11) is 0. The Morgan fingerprint density at radius 1 is 1.42 bits per heavy atom. The van der Waals surface area contributed by atoms with Gasteiger partial charge in [-0.2, -0.15) is 0 Å². The average molecular weight is 189 g/mol. The normalized spacial score (nSPS) is 9.08. The molecular weight excluding hydrogens is 174 g/mol.